The molecule has 6 heteroatoms. The molecule has 3 aromatic rings. The SMILES string of the molecule is CC1=CC[C@@H](C(=O)NN2C(=O)c3cccc4cccc(c34)C2=O)[C@@H](c2ccc(Br)cc2)C1. The van der Waals surface area contributed by atoms with E-state index >= 15 is 0 Å². The van der Waals surface area contributed by atoms with Gasteiger partial charge in [-0.15, -0.1) is 0 Å². The number of imide groups is 1. The number of nitrogens with one attached hydrogen (secondary N) is 1. The number of hydrogen-bond donors (Lipinski definition) is 1. The van der Waals surface area contributed by atoms with Gasteiger partial charge in [0, 0.05) is 9.86 Å². The lowest BCUT2D eigenvalue weighted by molar-refractivity contribution is -0.129. The summed E-state index contributed by atoms with van der Waals surface area (Å²) < 4.78 is 0.975. The maximum atomic E-state index is 13.4. The Bertz CT molecular complexity index is 1250. The summed E-state index contributed by atoms with van der Waals surface area (Å²) >= 11 is 3.46. The van der Waals surface area contributed by atoms with E-state index in [0.717, 1.165) is 26.9 Å². The molecule has 1 aliphatic carbocycles. The Balaban J connectivity index is 1.45. The van der Waals surface area contributed by atoms with Crippen molar-refractivity contribution >= 4 is 44.4 Å². The number of carbonyl (C=O) groups excluding carboxylic acids is 3. The van der Waals surface area contributed by atoms with Crippen molar-refractivity contribution in [1.29, 1.82) is 0 Å². The van der Waals surface area contributed by atoms with Gasteiger partial charge < -0.3 is 0 Å². The van der Waals surface area contributed by atoms with Gasteiger partial charge in [0.25, 0.3) is 11.8 Å². The largest absolute Gasteiger partial charge is 0.280 e. The van der Waals surface area contributed by atoms with Crippen LogP contribution in [0.15, 0.2) is 76.8 Å². The van der Waals surface area contributed by atoms with Crippen molar-refractivity contribution in [3.8, 4) is 0 Å². The number of rotatable bonds is 3. The fourth-order valence-electron chi connectivity index (χ4n) is 4.74. The molecule has 1 aliphatic heterocycles. The van der Waals surface area contributed by atoms with Gasteiger partial charge in [-0.2, -0.15) is 5.01 Å². The minimum absolute atomic E-state index is 0.0289. The molecule has 0 aromatic heterocycles. The highest BCUT2D eigenvalue weighted by atomic mass is 79.9. The molecule has 3 aromatic carbocycles. The van der Waals surface area contributed by atoms with Crippen LogP contribution in [0.5, 0.6) is 0 Å². The minimum atomic E-state index is -0.504. The van der Waals surface area contributed by atoms with Crippen LogP contribution in [-0.4, -0.2) is 22.7 Å². The maximum Gasteiger partial charge on any atom is 0.280 e. The Morgan fingerprint density at radius 2 is 1.59 bits per heavy atom. The predicted octanol–water partition coefficient (Wildman–Crippen LogP) is 5.37. The number of benzene rings is 3. The monoisotopic (exact) mass is 488 g/mol. The lowest BCUT2D eigenvalue weighted by Gasteiger charge is -2.33. The van der Waals surface area contributed by atoms with E-state index < -0.39 is 11.8 Å². The number of hydrogen-bond acceptors (Lipinski definition) is 3. The molecule has 2 atom stereocenters. The van der Waals surface area contributed by atoms with Crippen molar-refractivity contribution in [1.82, 2.24) is 10.4 Å². The van der Waals surface area contributed by atoms with Crippen molar-refractivity contribution in [3.63, 3.8) is 0 Å². The van der Waals surface area contributed by atoms with Gasteiger partial charge in [-0.3, -0.25) is 19.8 Å². The lowest BCUT2D eigenvalue weighted by atomic mass is 9.75. The van der Waals surface area contributed by atoms with E-state index in [4.69, 9.17) is 0 Å². The first-order valence-electron chi connectivity index (χ1n) is 10.6. The number of hydrazine groups is 1. The van der Waals surface area contributed by atoms with Crippen LogP contribution in [0.3, 0.4) is 0 Å². The predicted molar refractivity (Wildman–Crippen MR) is 126 cm³/mol. The lowest BCUT2D eigenvalue weighted by Crippen LogP contribution is -2.53. The van der Waals surface area contributed by atoms with Gasteiger partial charge in [0.2, 0.25) is 5.91 Å². The summed E-state index contributed by atoms with van der Waals surface area (Å²) in [6.07, 6.45) is 3.38. The molecule has 0 saturated carbocycles. The van der Waals surface area contributed by atoms with Gasteiger partial charge >= 0.3 is 0 Å². The van der Waals surface area contributed by atoms with Crippen molar-refractivity contribution in [2.45, 2.75) is 25.7 Å². The van der Waals surface area contributed by atoms with Crippen molar-refractivity contribution < 1.29 is 14.4 Å². The van der Waals surface area contributed by atoms with E-state index in [1.165, 1.54) is 5.57 Å². The summed E-state index contributed by atoms with van der Waals surface area (Å²) in [5.74, 6) is -1.74. The standard InChI is InChI=1S/C26H21BrN2O3/c1-15-8-13-19(22(14-15)16-9-11-18(27)12-10-16)24(30)28-29-25(31)20-6-2-4-17-5-3-7-21(23(17)20)26(29)32/h2-12,19,22H,13-14H2,1H3,(H,28,30)/t19-,22-/m1/s1. The van der Waals surface area contributed by atoms with Crippen LogP contribution in [-0.2, 0) is 4.79 Å². The third-order valence-electron chi connectivity index (χ3n) is 6.38. The Hall–Kier alpha value is -3.25. The van der Waals surface area contributed by atoms with Crippen LogP contribution < -0.4 is 5.43 Å². The molecule has 1 N–H and O–H groups in total. The normalized spacial score (nSPS) is 20.3. The third kappa shape index (κ3) is 3.45. The summed E-state index contributed by atoms with van der Waals surface area (Å²) in [7, 11) is 0. The van der Waals surface area contributed by atoms with Crippen LogP contribution in [0.4, 0.5) is 0 Å². The van der Waals surface area contributed by atoms with Crippen LogP contribution in [0.2, 0.25) is 0 Å². The Labute approximate surface area is 194 Å². The molecule has 5 rings (SSSR count). The number of nitrogens with zero attached hydrogens (tertiary/aromatic N) is 1. The molecule has 32 heavy (non-hydrogen) atoms. The van der Waals surface area contributed by atoms with Gasteiger partial charge in [0.05, 0.1) is 17.0 Å². The Morgan fingerprint density at radius 1 is 0.969 bits per heavy atom. The molecule has 0 unspecified atom stereocenters. The molecule has 0 saturated heterocycles. The highest BCUT2D eigenvalue weighted by molar-refractivity contribution is 9.10. The van der Waals surface area contributed by atoms with Gasteiger partial charge in [-0.25, -0.2) is 0 Å². The number of carbonyl (C=O) groups is 3. The van der Waals surface area contributed by atoms with E-state index in [2.05, 4.69) is 34.4 Å². The molecular weight excluding hydrogens is 468 g/mol. The van der Waals surface area contributed by atoms with Gasteiger partial charge in [0.1, 0.15) is 0 Å². The van der Waals surface area contributed by atoms with E-state index in [1.807, 2.05) is 36.4 Å². The van der Waals surface area contributed by atoms with Crippen LogP contribution in [0.25, 0.3) is 10.8 Å². The Kier molecular flexibility index (Phi) is 5.18. The summed E-state index contributed by atoms with van der Waals surface area (Å²) in [4.78, 5) is 39.7. The topological polar surface area (TPSA) is 66.5 Å². The molecule has 0 bridgehead atoms. The zero-order valence-electron chi connectivity index (χ0n) is 17.5. The summed E-state index contributed by atoms with van der Waals surface area (Å²) in [6.45, 7) is 2.06. The summed E-state index contributed by atoms with van der Waals surface area (Å²) in [6, 6.07) is 18.7. The molecule has 1 heterocycles. The van der Waals surface area contributed by atoms with Crippen molar-refractivity contribution in [3.05, 3.63) is 93.5 Å². The van der Waals surface area contributed by atoms with E-state index in [9.17, 15) is 14.4 Å². The van der Waals surface area contributed by atoms with Gasteiger partial charge in [-0.05, 0) is 60.9 Å². The second-order valence-electron chi connectivity index (χ2n) is 8.39. The molecule has 160 valence electrons. The first-order chi connectivity index (χ1) is 15.4. The average Bonchev–Trinajstić information content (AvgIpc) is 2.80. The quantitative estimate of drug-likeness (QED) is 0.398. The van der Waals surface area contributed by atoms with Crippen molar-refractivity contribution in [2.75, 3.05) is 0 Å². The fourth-order valence-corrected chi connectivity index (χ4v) is 5.00. The number of amides is 3. The van der Waals surface area contributed by atoms with E-state index in [0.29, 0.717) is 22.9 Å². The second-order valence-corrected chi connectivity index (χ2v) is 9.30. The van der Waals surface area contributed by atoms with Gasteiger partial charge in [-0.1, -0.05) is 64.0 Å². The third-order valence-corrected chi connectivity index (χ3v) is 6.91. The van der Waals surface area contributed by atoms with E-state index in [1.54, 1.807) is 24.3 Å². The van der Waals surface area contributed by atoms with Crippen LogP contribution in [0, 0.1) is 5.92 Å². The van der Waals surface area contributed by atoms with Gasteiger partial charge in [0.15, 0.2) is 0 Å². The first-order valence-corrected chi connectivity index (χ1v) is 11.4. The molecular formula is C26H21BrN2O3. The second kappa shape index (κ2) is 8.02. The molecule has 2 aliphatic rings. The first kappa shape index (κ1) is 20.6. The van der Waals surface area contributed by atoms with Crippen LogP contribution in [0.1, 0.15) is 52.0 Å². The molecule has 0 radical (unpaired) electrons. The maximum absolute atomic E-state index is 13.4. The highest BCUT2D eigenvalue weighted by Crippen LogP contribution is 2.38. The molecule has 3 amide bonds. The molecule has 0 fully saturated rings. The summed E-state index contributed by atoms with van der Waals surface area (Å²) in [5.41, 5.74) is 5.78. The summed E-state index contributed by atoms with van der Waals surface area (Å²) in [5, 5.41) is 2.35. The zero-order valence-corrected chi connectivity index (χ0v) is 19.1. The van der Waals surface area contributed by atoms with E-state index in [-0.39, 0.29) is 17.7 Å². The van der Waals surface area contributed by atoms with Crippen LogP contribution >= 0.6 is 15.9 Å². The smallest absolute Gasteiger partial charge is 0.273 e. The fraction of sp³-hybridized carbons (Fsp3) is 0.192. The molecule has 5 nitrogen and oxygen atoms in total. The Morgan fingerprint density at radius 3 is 2.22 bits per heavy atom. The number of allylic oxidation sites excluding steroid dienone is 2. The zero-order chi connectivity index (χ0) is 22.4. The highest BCUT2D eigenvalue weighted by Gasteiger charge is 2.38. The van der Waals surface area contributed by atoms with Crippen molar-refractivity contribution in [2.24, 2.45) is 5.92 Å². The number of halogens is 1. The average molecular weight is 489 g/mol. The molecule has 0 spiro atoms. The minimum Gasteiger partial charge on any atom is -0.273 e.